The molecule has 0 aromatic carbocycles. The van der Waals surface area contributed by atoms with Gasteiger partial charge in [0.25, 0.3) is 0 Å². The molecular formula is C61H100O6. The van der Waals surface area contributed by atoms with Crippen LogP contribution < -0.4 is 0 Å². The fourth-order valence-corrected chi connectivity index (χ4v) is 7.18. The molecule has 0 heterocycles. The Morgan fingerprint density at radius 1 is 0.313 bits per heavy atom. The van der Waals surface area contributed by atoms with E-state index >= 15 is 0 Å². The van der Waals surface area contributed by atoms with E-state index in [1.165, 1.54) is 64.2 Å². The first-order chi connectivity index (χ1) is 33.0. The van der Waals surface area contributed by atoms with Crippen LogP contribution in [0.1, 0.15) is 239 Å². The standard InChI is InChI=1S/C61H100O6/c1-4-7-10-13-16-19-22-25-28-29-30-31-34-36-39-42-45-48-51-54-60(63)66-57-58(67-61(64)55-52-49-46-43-40-37-33-27-24-21-18-15-12-9-6-3)56-65-59(62)53-50-47-44-41-38-35-32-26-23-20-17-14-11-8-5-2/h7,9-10,12,16,18-21,23,25,27-28,30-31,33,36,39,58H,4-6,8,11,13-15,17,22,24,26,29,32,34-35,37-38,40-57H2,1-3H3/b10-7+,12-9+,19-16+,21-18+,23-20+,28-25+,31-30+,33-27+,39-36+/t58-/m1/s1. The molecule has 0 aliphatic heterocycles. The monoisotopic (exact) mass is 929 g/mol. The Kier molecular flexibility index (Phi) is 51.5. The lowest BCUT2D eigenvalue weighted by atomic mass is 10.1. The normalized spacial score (nSPS) is 12.9. The van der Waals surface area contributed by atoms with Gasteiger partial charge < -0.3 is 14.2 Å². The molecular weight excluding hydrogens is 829 g/mol. The maximum atomic E-state index is 12.8. The summed E-state index contributed by atoms with van der Waals surface area (Å²) in [7, 11) is 0. The Morgan fingerprint density at radius 3 is 0.940 bits per heavy atom. The number of hydrogen-bond donors (Lipinski definition) is 0. The van der Waals surface area contributed by atoms with Crippen LogP contribution in [0.2, 0.25) is 0 Å². The van der Waals surface area contributed by atoms with E-state index in [0.717, 1.165) is 135 Å². The van der Waals surface area contributed by atoms with E-state index in [1.54, 1.807) is 0 Å². The Hall–Kier alpha value is -3.93. The lowest BCUT2D eigenvalue weighted by Gasteiger charge is -2.18. The minimum Gasteiger partial charge on any atom is -0.462 e. The van der Waals surface area contributed by atoms with Gasteiger partial charge in [-0.05, 0) is 122 Å². The molecule has 0 unspecified atom stereocenters. The molecule has 0 radical (unpaired) electrons. The molecule has 0 rings (SSSR count). The molecule has 1 atom stereocenters. The van der Waals surface area contributed by atoms with Crippen LogP contribution in [-0.2, 0) is 28.6 Å². The lowest BCUT2D eigenvalue weighted by Crippen LogP contribution is -2.30. The van der Waals surface area contributed by atoms with Crippen LogP contribution in [0.5, 0.6) is 0 Å². The third-order valence-corrected chi connectivity index (χ3v) is 11.2. The second kappa shape index (κ2) is 54.7. The van der Waals surface area contributed by atoms with Crippen molar-refractivity contribution < 1.29 is 28.6 Å². The van der Waals surface area contributed by atoms with Crippen LogP contribution in [0.25, 0.3) is 0 Å². The van der Waals surface area contributed by atoms with Gasteiger partial charge in [0.05, 0.1) is 0 Å². The molecule has 0 bridgehead atoms. The summed E-state index contributed by atoms with van der Waals surface area (Å²) < 4.78 is 16.8. The van der Waals surface area contributed by atoms with Crippen LogP contribution in [0, 0.1) is 0 Å². The molecule has 0 N–H and O–H groups in total. The predicted octanol–water partition coefficient (Wildman–Crippen LogP) is 18.3. The van der Waals surface area contributed by atoms with Crippen molar-refractivity contribution in [2.75, 3.05) is 13.2 Å². The molecule has 380 valence electrons. The van der Waals surface area contributed by atoms with Crippen LogP contribution >= 0.6 is 0 Å². The molecule has 67 heavy (non-hydrogen) atoms. The highest BCUT2D eigenvalue weighted by Crippen LogP contribution is 2.14. The average Bonchev–Trinajstić information content (AvgIpc) is 3.33. The highest BCUT2D eigenvalue weighted by Gasteiger charge is 2.19. The predicted molar refractivity (Wildman–Crippen MR) is 288 cm³/mol. The first-order valence-corrected chi connectivity index (χ1v) is 27.4. The second-order valence-electron chi connectivity index (χ2n) is 17.7. The minimum absolute atomic E-state index is 0.0997. The molecule has 0 aliphatic rings. The molecule has 6 heteroatoms. The van der Waals surface area contributed by atoms with Gasteiger partial charge in [-0.1, -0.05) is 207 Å². The molecule has 6 nitrogen and oxygen atoms in total. The fourth-order valence-electron chi connectivity index (χ4n) is 7.18. The summed E-state index contributed by atoms with van der Waals surface area (Å²) in [4.78, 5) is 38.1. The van der Waals surface area contributed by atoms with Crippen LogP contribution in [-0.4, -0.2) is 37.2 Å². The quantitative estimate of drug-likeness (QED) is 0.0262. The average molecular weight is 929 g/mol. The molecule has 0 amide bonds. The van der Waals surface area contributed by atoms with Crippen molar-refractivity contribution in [1.29, 1.82) is 0 Å². The third kappa shape index (κ3) is 52.9. The highest BCUT2D eigenvalue weighted by atomic mass is 16.6. The zero-order valence-electron chi connectivity index (χ0n) is 43.4. The van der Waals surface area contributed by atoms with E-state index in [1.807, 2.05) is 0 Å². The number of carbonyl (C=O) groups is 3. The molecule has 0 aliphatic carbocycles. The summed E-state index contributed by atoms with van der Waals surface area (Å²) in [6.45, 7) is 6.35. The smallest absolute Gasteiger partial charge is 0.306 e. The van der Waals surface area contributed by atoms with Crippen molar-refractivity contribution in [1.82, 2.24) is 0 Å². The summed E-state index contributed by atoms with van der Waals surface area (Å²) in [5.74, 6) is -0.957. The zero-order valence-corrected chi connectivity index (χ0v) is 43.4. The van der Waals surface area contributed by atoms with Gasteiger partial charge in [0.15, 0.2) is 6.10 Å². The number of ether oxygens (including phenoxy) is 3. The third-order valence-electron chi connectivity index (χ3n) is 11.2. The van der Waals surface area contributed by atoms with Gasteiger partial charge in [-0.2, -0.15) is 0 Å². The maximum absolute atomic E-state index is 12.8. The van der Waals surface area contributed by atoms with Gasteiger partial charge in [0.2, 0.25) is 0 Å². The van der Waals surface area contributed by atoms with Gasteiger partial charge in [0.1, 0.15) is 13.2 Å². The van der Waals surface area contributed by atoms with Gasteiger partial charge in [-0.15, -0.1) is 0 Å². The molecule has 0 saturated carbocycles. The van der Waals surface area contributed by atoms with Crippen LogP contribution in [0.15, 0.2) is 109 Å². The molecule has 0 fully saturated rings. The number of hydrogen-bond acceptors (Lipinski definition) is 6. The molecule has 0 spiro atoms. The number of unbranched alkanes of at least 4 members (excludes halogenated alkanes) is 19. The molecule has 0 aromatic heterocycles. The Morgan fingerprint density at radius 2 is 0.582 bits per heavy atom. The van der Waals surface area contributed by atoms with Gasteiger partial charge >= 0.3 is 17.9 Å². The fraction of sp³-hybridized carbons (Fsp3) is 0.656. The summed E-state index contributed by atoms with van der Waals surface area (Å²) in [6.07, 6.45) is 73.5. The van der Waals surface area contributed by atoms with Crippen LogP contribution in [0.3, 0.4) is 0 Å². The minimum atomic E-state index is -0.805. The van der Waals surface area contributed by atoms with E-state index in [9.17, 15) is 14.4 Å². The van der Waals surface area contributed by atoms with E-state index in [0.29, 0.717) is 19.3 Å². The lowest BCUT2D eigenvalue weighted by molar-refractivity contribution is -0.167. The Bertz CT molecular complexity index is 1390. The number of allylic oxidation sites excluding steroid dienone is 18. The largest absolute Gasteiger partial charge is 0.462 e. The Balaban J connectivity index is 4.49. The number of esters is 3. The van der Waals surface area contributed by atoms with Gasteiger partial charge in [-0.3, -0.25) is 14.4 Å². The second-order valence-corrected chi connectivity index (χ2v) is 17.7. The first kappa shape index (κ1) is 63.1. The summed E-state index contributed by atoms with van der Waals surface area (Å²) >= 11 is 0. The van der Waals surface area contributed by atoms with E-state index in [4.69, 9.17) is 14.2 Å². The zero-order chi connectivity index (χ0) is 48.6. The SMILES string of the molecule is CC/C=C/C/C=C/C/C=C/C/C=C/C/C=C/CCCCCC(=O)OC[C@@H](COC(=O)CCCCCCCCC/C=C/CCCCCC)OC(=O)CCCCCCC/C=C/C/C=C/C/C=C/CC. The molecule has 0 aromatic rings. The van der Waals surface area contributed by atoms with E-state index < -0.39 is 6.10 Å². The highest BCUT2D eigenvalue weighted by molar-refractivity contribution is 5.71. The van der Waals surface area contributed by atoms with Crippen molar-refractivity contribution in [2.24, 2.45) is 0 Å². The maximum Gasteiger partial charge on any atom is 0.306 e. The first-order valence-electron chi connectivity index (χ1n) is 27.4. The summed E-state index contributed by atoms with van der Waals surface area (Å²) in [6, 6.07) is 0. The van der Waals surface area contributed by atoms with E-state index in [-0.39, 0.29) is 31.1 Å². The van der Waals surface area contributed by atoms with Crippen molar-refractivity contribution in [3.63, 3.8) is 0 Å². The van der Waals surface area contributed by atoms with Crippen molar-refractivity contribution in [2.45, 2.75) is 245 Å². The van der Waals surface area contributed by atoms with Crippen molar-refractivity contribution >= 4 is 17.9 Å². The number of rotatable bonds is 48. The van der Waals surface area contributed by atoms with Crippen LogP contribution in [0.4, 0.5) is 0 Å². The topological polar surface area (TPSA) is 78.9 Å². The molecule has 0 saturated heterocycles. The van der Waals surface area contributed by atoms with Crippen molar-refractivity contribution in [3.8, 4) is 0 Å². The van der Waals surface area contributed by atoms with Gasteiger partial charge in [-0.25, -0.2) is 0 Å². The number of carbonyl (C=O) groups excluding carboxylic acids is 3. The van der Waals surface area contributed by atoms with Gasteiger partial charge in [0, 0.05) is 19.3 Å². The Labute approximate surface area is 412 Å². The van der Waals surface area contributed by atoms with E-state index in [2.05, 4.69) is 130 Å². The summed E-state index contributed by atoms with van der Waals surface area (Å²) in [5.41, 5.74) is 0. The summed E-state index contributed by atoms with van der Waals surface area (Å²) in [5, 5.41) is 0. The van der Waals surface area contributed by atoms with Crippen molar-refractivity contribution in [3.05, 3.63) is 109 Å².